The number of halogens is 2. The van der Waals surface area contributed by atoms with Crippen LogP contribution in [0.15, 0.2) is 42.5 Å². The molecule has 2 amide bonds. The summed E-state index contributed by atoms with van der Waals surface area (Å²) < 4.78 is 26.3. The van der Waals surface area contributed by atoms with Crippen molar-refractivity contribution in [2.45, 2.75) is 19.1 Å². The second-order valence-electron chi connectivity index (χ2n) is 5.46. The fourth-order valence-corrected chi connectivity index (χ4v) is 2.61. The van der Waals surface area contributed by atoms with E-state index in [-0.39, 0.29) is 23.4 Å². The smallest absolute Gasteiger partial charge is 0.237 e. The number of hydrogen-bond acceptors (Lipinski definition) is 3. The van der Waals surface area contributed by atoms with E-state index in [0.29, 0.717) is 16.9 Å². The molecule has 0 saturated heterocycles. The molecule has 2 aromatic rings. The van der Waals surface area contributed by atoms with Crippen molar-refractivity contribution in [2.24, 2.45) is 0 Å². The summed E-state index contributed by atoms with van der Waals surface area (Å²) in [5.74, 6) is -1.32. The number of amides is 2. The van der Waals surface area contributed by atoms with Crippen LogP contribution in [0.2, 0.25) is 0 Å². The zero-order valence-corrected chi connectivity index (χ0v) is 14.6. The van der Waals surface area contributed by atoms with Crippen molar-refractivity contribution >= 4 is 35.0 Å². The molecule has 132 valence electrons. The number of carbonyl (C=O) groups is 2. The van der Waals surface area contributed by atoms with E-state index in [1.54, 1.807) is 26.0 Å². The highest BCUT2D eigenvalue weighted by Crippen LogP contribution is 2.17. The van der Waals surface area contributed by atoms with Gasteiger partial charge in [0.25, 0.3) is 0 Å². The largest absolute Gasteiger partial charge is 0.325 e. The topological polar surface area (TPSA) is 58.2 Å². The molecule has 25 heavy (non-hydrogen) atoms. The van der Waals surface area contributed by atoms with E-state index in [9.17, 15) is 18.4 Å². The molecule has 2 aromatic carbocycles. The van der Waals surface area contributed by atoms with Gasteiger partial charge in [-0.1, -0.05) is 6.07 Å². The Morgan fingerprint density at radius 2 is 1.68 bits per heavy atom. The molecule has 1 unspecified atom stereocenters. The maximum atomic E-state index is 13.5. The number of aryl methyl sites for hydroxylation is 1. The van der Waals surface area contributed by atoms with E-state index in [2.05, 4.69) is 10.6 Å². The van der Waals surface area contributed by atoms with Gasteiger partial charge in [0, 0.05) is 11.4 Å². The third-order valence-electron chi connectivity index (χ3n) is 3.40. The van der Waals surface area contributed by atoms with E-state index < -0.39 is 11.1 Å². The van der Waals surface area contributed by atoms with Crippen molar-refractivity contribution in [2.75, 3.05) is 16.4 Å². The lowest BCUT2D eigenvalue weighted by Crippen LogP contribution is -2.25. The van der Waals surface area contributed by atoms with Crippen LogP contribution in [-0.4, -0.2) is 22.8 Å². The molecule has 0 spiro atoms. The van der Waals surface area contributed by atoms with Crippen LogP contribution in [0.3, 0.4) is 0 Å². The average molecular weight is 364 g/mol. The molecule has 0 radical (unpaired) electrons. The predicted octanol–water partition coefficient (Wildman–Crippen LogP) is 3.97. The summed E-state index contributed by atoms with van der Waals surface area (Å²) in [6.45, 7) is 3.30. The highest BCUT2D eigenvalue weighted by molar-refractivity contribution is 8.01. The van der Waals surface area contributed by atoms with Crippen LogP contribution in [0, 0.1) is 18.6 Å². The standard InChI is InChI=1S/C18H18F2N2O2S/c1-11-3-6-15(9-16(11)20)22-18(24)12(2)25-10-17(23)21-14-7-4-13(19)5-8-14/h3-9,12H,10H2,1-2H3,(H,21,23)(H,22,24). The fraction of sp³-hybridized carbons (Fsp3) is 0.222. The van der Waals surface area contributed by atoms with Gasteiger partial charge in [-0.25, -0.2) is 8.78 Å². The molecule has 1 atom stereocenters. The Hall–Kier alpha value is -2.41. The van der Waals surface area contributed by atoms with Crippen molar-refractivity contribution < 1.29 is 18.4 Å². The van der Waals surface area contributed by atoms with Crippen LogP contribution in [0.1, 0.15) is 12.5 Å². The minimum atomic E-state index is -0.497. The lowest BCUT2D eigenvalue weighted by Gasteiger charge is -2.12. The van der Waals surface area contributed by atoms with E-state index >= 15 is 0 Å². The molecule has 0 aliphatic carbocycles. The Morgan fingerprint density at radius 3 is 2.32 bits per heavy atom. The van der Waals surface area contributed by atoms with Gasteiger partial charge in [-0.05, 0) is 55.8 Å². The van der Waals surface area contributed by atoms with Crippen LogP contribution in [0.25, 0.3) is 0 Å². The van der Waals surface area contributed by atoms with Gasteiger partial charge in [-0.3, -0.25) is 9.59 Å². The zero-order valence-electron chi connectivity index (χ0n) is 13.8. The number of hydrogen-bond donors (Lipinski definition) is 2. The second kappa shape index (κ2) is 8.62. The number of carbonyl (C=O) groups excluding carboxylic acids is 2. The Kier molecular flexibility index (Phi) is 6.52. The molecule has 0 fully saturated rings. The first kappa shape index (κ1) is 18.9. The monoisotopic (exact) mass is 364 g/mol. The minimum absolute atomic E-state index is 0.0637. The molecule has 0 aromatic heterocycles. The Bertz CT molecular complexity index is 766. The first-order chi connectivity index (χ1) is 11.8. The number of anilines is 2. The third-order valence-corrected chi connectivity index (χ3v) is 4.54. The molecule has 7 heteroatoms. The van der Waals surface area contributed by atoms with Gasteiger partial charge >= 0.3 is 0 Å². The van der Waals surface area contributed by atoms with Crippen LogP contribution in [0.5, 0.6) is 0 Å². The van der Waals surface area contributed by atoms with Crippen molar-refractivity contribution in [3.05, 3.63) is 59.7 Å². The van der Waals surface area contributed by atoms with Crippen molar-refractivity contribution in [1.29, 1.82) is 0 Å². The summed E-state index contributed by atoms with van der Waals surface area (Å²) >= 11 is 1.15. The quantitative estimate of drug-likeness (QED) is 0.815. The summed E-state index contributed by atoms with van der Waals surface area (Å²) in [5.41, 5.74) is 1.36. The number of thioether (sulfide) groups is 1. The van der Waals surface area contributed by atoms with E-state index in [1.165, 1.54) is 30.3 Å². The molecule has 0 aliphatic heterocycles. The molecule has 2 rings (SSSR count). The van der Waals surface area contributed by atoms with Gasteiger partial charge in [0.1, 0.15) is 11.6 Å². The molecule has 4 nitrogen and oxygen atoms in total. The van der Waals surface area contributed by atoms with Gasteiger partial charge in [0.15, 0.2) is 0 Å². The van der Waals surface area contributed by atoms with Crippen molar-refractivity contribution in [3.8, 4) is 0 Å². The maximum absolute atomic E-state index is 13.5. The van der Waals surface area contributed by atoms with Crippen molar-refractivity contribution in [3.63, 3.8) is 0 Å². The third kappa shape index (κ3) is 5.86. The van der Waals surface area contributed by atoms with Gasteiger partial charge in [-0.15, -0.1) is 11.8 Å². The second-order valence-corrected chi connectivity index (χ2v) is 6.79. The van der Waals surface area contributed by atoms with Crippen LogP contribution < -0.4 is 10.6 Å². The van der Waals surface area contributed by atoms with Gasteiger partial charge in [0.05, 0.1) is 11.0 Å². The number of benzene rings is 2. The lowest BCUT2D eigenvalue weighted by atomic mass is 10.2. The summed E-state index contributed by atoms with van der Waals surface area (Å²) in [5, 5.41) is 4.74. The molecule has 0 bridgehead atoms. The van der Waals surface area contributed by atoms with Gasteiger partial charge in [-0.2, -0.15) is 0 Å². The fourth-order valence-electron chi connectivity index (χ4n) is 1.92. The number of nitrogens with one attached hydrogen (secondary N) is 2. The molecule has 0 heterocycles. The van der Waals surface area contributed by atoms with E-state index in [1.807, 2.05) is 0 Å². The SMILES string of the molecule is Cc1ccc(NC(=O)C(C)SCC(=O)Nc2ccc(F)cc2)cc1F. The normalized spacial score (nSPS) is 11.7. The highest BCUT2D eigenvalue weighted by Gasteiger charge is 2.16. The summed E-state index contributed by atoms with van der Waals surface area (Å²) in [6.07, 6.45) is 0. The first-order valence-corrected chi connectivity index (χ1v) is 8.64. The molecular formula is C18H18F2N2O2S. The van der Waals surface area contributed by atoms with Crippen LogP contribution in [0.4, 0.5) is 20.2 Å². The maximum Gasteiger partial charge on any atom is 0.237 e. The number of rotatable bonds is 6. The minimum Gasteiger partial charge on any atom is -0.325 e. The molecule has 0 aliphatic rings. The van der Waals surface area contributed by atoms with Gasteiger partial charge < -0.3 is 10.6 Å². The van der Waals surface area contributed by atoms with E-state index in [4.69, 9.17) is 0 Å². The lowest BCUT2D eigenvalue weighted by molar-refractivity contribution is -0.115. The molecule has 2 N–H and O–H groups in total. The highest BCUT2D eigenvalue weighted by atomic mass is 32.2. The Balaban J connectivity index is 1.81. The predicted molar refractivity (Wildman–Crippen MR) is 96.7 cm³/mol. The zero-order chi connectivity index (χ0) is 18.4. The Labute approximate surface area is 149 Å². The summed E-state index contributed by atoms with van der Waals surface area (Å²) in [4.78, 5) is 23.9. The first-order valence-electron chi connectivity index (χ1n) is 7.59. The van der Waals surface area contributed by atoms with Crippen molar-refractivity contribution in [1.82, 2.24) is 0 Å². The summed E-state index contributed by atoms with van der Waals surface area (Å²) in [6, 6.07) is 9.87. The Morgan fingerprint density at radius 1 is 1.04 bits per heavy atom. The van der Waals surface area contributed by atoms with E-state index in [0.717, 1.165) is 11.8 Å². The molecule has 0 saturated carbocycles. The molecular weight excluding hydrogens is 346 g/mol. The average Bonchev–Trinajstić information content (AvgIpc) is 2.58. The van der Waals surface area contributed by atoms with Gasteiger partial charge in [0.2, 0.25) is 11.8 Å². The van der Waals surface area contributed by atoms with Crippen LogP contribution >= 0.6 is 11.8 Å². The summed E-state index contributed by atoms with van der Waals surface area (Å²) in [7, 11) is 0. The van der Waals surface area contributed by atoms with Crippen LogP contribution in [-0.2, 0) is 9.59 Å².